The number of esters is 1. The Kier molecular flexibility index (Phi) is 5.65. The van der Waals surface area contributed by atoms with Crippen LogP contribution in [0.2, 0.25) is 0 Å². The van der Waals surface area contributed by atoms with E-state index in [2.05, 4.69) is 12.2 Å². The van der Waals surface area contributed by atoms with E-state index < -0.39 is 0 Å². The van der Waals surface area contributed by atoms with Crippen LogP contribution in [0.1, 0.15) is 31.9 Å². The number of carbonyl (C=O) groups excluding carboxylic acids is 1. The van der Waals surface area contributed by atoms with Gasteiger partial charge in [-0.05, 0) is 19.4 Å². The molecule has 4 nitrogen and oxygen atoms in total. The first-order chi connectivity index (χ1) is 8.63. The van der Waals surface area contributed by atoms with Crippen molar-refractivity contribution < 1.29 is 14.3 Å². The highest BCUT2D eigenvalue weighted by molar-refractivity contribution is 5.75. The van der Waals surface area contributed by atoms with Gasteiger partial charge in [-0.1, -0.05) is 25.1 Å². The lowest BCUT2D eigenvalue weighted by Gasteiger charge is -2.22. The van der Waals surface area contributed by atoms with Gasteiger partial charge < -0.3 is 9.47 Å². The number of hydrogen-bond donors (Lipinski definition) is 1. The summed E-state index contributed by atoms with van der Waals surface area (Å²) in [6.07, 6.45) is 0.863. The van der Waals surface area contributed by atoms with E-state index in [0.717, 1.165) is 17.7 Å². The molecule has 2 atom stereocenters. The molecule has 0 heterocycles. The molecule has 100 valence electrons. The molecule has 4 heteroatoms. The Labute approximate surface area is 108 Å². The smallest absolute Gasteiger partial charge is 0.322 e. The number of methoxy groups -OCH3 is 2. The van der Waals surface area contributed by atoms with Crippen LogP contribution in [-0.2, 0) is 9.53 Å². The molecule has 0 spiro atoms. The van der Waals surface area contributed by atoms with Crippen LogP contribution in [0, 0.1) is 0 Å². The molecule has 0 aliphatic heterocycles. The maximum atomic E-state index is 11.4. The van der Waals surface area contributed by atoms with Crippen LogP contribution in [0.5, 0.6) is 5.75 Å². The summed E-state index contributed by atoms with van der Waals surface area (Å²) < 4.78 is 10.1. The van der Waals surface area contributed by atoms with Gasteiger partial charge in [0.15, 0.2) is 0 Å². The number of benzene rings is 1. The molecule has 0 aromatic heterocycles. The molecule has 2 unspecified atom stereocenters. The van der Waals surface area contributed by atoms with Crippen LogP contribution in [0.15, 0.2) is 24.3 Å². The molecule has 1 rings (SSSR count). The van der Waals surface area contributed by atoms with Crippen LogP contribution in [0.25, 0.3) is 0 Å². The van der Waals surface area contributed by atoms with Gasteiger partial charge in [0.25, 0.3) is 0 Å². The Morgan fingerprint density at radius 2 is 2.00 bits per heavy atom. The minimum absolute atomic E-state index is 0.0650. The summed E-state index contributed by atoms with van der Waals surface area (Å²) in [5, 5.41) is 3.25. The van der Waals surface area contributed by atoms with Crippen LogP contribution in [0.3, 0.4) is 0 Å². The number of para-hydroxylation sites is 1. The molecule has 0 aliphatic carbocycles. The number of hydrogen-bond acceptors (Lipinski definition) is 4. The fraction of sp³-hybridized carbons (Fsp3) is 0.500. The lowest BCUT2D eigenvalue weighted by atomic mass is 10.0. The quantitative estimate of drug-likeness (QED) is 0.788. The molecule has 0 saturated carbocycles. The molecule has 0 amide bonds. The van der Waals surface area contributed by atoms with Crippen molar-refractivity contribution in [2.45, 2.75) is 32.4 Å². The van der Waals surface area contributed by atoms with E-state index in [1.165, 1.54) is 7.11 Å². The van der Waals surface area contributed by atoms with E-state index in [0.29, 0.717) is 0 Å². The predicted molar refractivity (Wildman–Crippen MR) is 70.6 cm³/mol. The fourth-order valence-electron chi connectivity index (χ4n) is 1.93. The molecule has 1 aromatic carbocycles. The van der Waals surface area contributed by atoms with Crippen LogP contribution >= 0.6 is 0 Å². The van der Waals surface area contributed by atoms with E-state index in [9.17, 15) is 4.79 Å². The highest BCUT2D eigenvalue weighted by Gasteiger charge is 2.20. The summed E-state index contributed by atoms with van der Waals surface area (Å²) in [6.45, 7) is 3.86. The Hall–Kier alpha value is -1.55. The van der Waals surface area contributed by atoms with Crippen LogP contribution < -0.4 is 10.1 Å². The minimum Gasteiger partial charge on any atom is -0.496 e. The van der Waals surface area contributed by atoms with E-state index in [1.807, 2.05) is 24.3 Å². The molecule has 0 radical (unpaired) electrons. The third kappa shape index (κ3) is 3.47. The molecule has 0 saturated heterocycles. The van der Waals surface area contributed by atoms with Gasteiger partial charge in [-0.15, -0.1) is 0 Å². The molecule has 18 heavy (non-hydrogen) atoms. The molecule has 0 fully saturated rings. The summed E-state index contributed by atoms with van der Waals surface area (Å²) in [6, 6.07) is 7.54. The monoisotopic (exact) mass is 251 g/mol. The molecule has 1 N–H and O–H groups in total. The van der Waals surface area contributed by atoms with Gasteiger partial charge in [0.2, 0.25) is 0 Å². The normalized spacial score (nSPS) is 13.8. The average molecular weight is 251 g/mol. The second kappa shape index (κ2) is 7.01. The average Bonchev–Trinajstić information content (AvgIpc) is 2.43. The van der Waals surface area contributed by atoms with Crippen molar-refractivity contribution in [3.05, 3.63) is 29.8 Å². The first-order valence-corrected chi connectivity index (χ1v) is 6.10. The lowest BCUT2D eigenvalue weighted by Crippen LogP contribution is -2.37. The number of ether oxygens (including phenoxy) is 2. The van der Waals surface area contributed by atoms with Crippen molar-refractivity contribution in [1.29, 1.82) is 0 Å². The zero-order chi connectivity index (χ0) is 13.5. The first kappa shape index (κ1) is 14.5. The Bertz CT molecular complexity index is 392. The largest absolute Gasteiger partial charge is 0.496 e. The summed E-state index contributed by atoms with van der Waals surface area (Å²) in [4.78, 5) is 11.4. The van der Waals surface area contributed by atoms with Gasteiger partial charge in [0.1, 0.15) is 11.8 Å². The highest BCUT2D eigenvalue weighted by atomic mass is 16.5. The Morgan fingerprint density at radius 1 is 1.33 bits per heavy atom. The maximum Gasteiger partial charge on any atom is 0.322 e. The van der Waals surface area contributed by atoms with E-state index in [4.69, 9.17) is 9.47 Å². The summed E-state index contributed by atoms with van der Waals surface area (Å²) >= 11 is 0. The summed E-state index contributed by atoms with van der Waals surface area (Å²) in [7, 11) is 3.04. The van der Waals surface area contributed by atoms with Gasteiger partial charge in [-0.2, -0.15) is 0 Å². The molecule has 0 aliphatic rings. The molecular formula is C14H21NO3. The van der Waals surface area contributed by atoms with Gasteiger partial charge in [0, 0.05) is 11.6 Å². The number of rotatable bonds is 6. The van der Waals surface area contributed by atoms with Crippen molar-refractivity contribution in [3.63, 3.8) is 0 Å². The minimum atomic E-state index is -0.343. The van der Waals surface area contributed by atoms with Crippen LogP contribution in [-0.4, -0.2) is 26.2 Å². The van der Waals surface area contributed by atoms with Crippen molar-refractivity contribution >= 4 is 5.97 Å². The second-order valence-electron chi connectivity index (χ2n) is 4.11. The zero-order valence-electron chi connectivity index (χ0n) is 11.4. The van der Waals surface area contributed by atoms with E-state index in [-0.39, 0.29) is 18.1 Å². The van der Waals surface area contributed by atoms with Gasteiger partial charge in [-0.3, -0.25) is 10.1 Å². The summed E-state index contributed by atoms with van der Waals surface area (Å²) in [5.41, 5.74) is 1.05. The second-order valence-corrected chi connectivity index (χ2v) is 4.11. The molecule has 0 bridgehead atoms. The number of nitrogens with one attached hydrogen (secondary N) is 1. The SMILES string of the molecule is CCC(NC(C)C(=O)OC)c1ccccc1OC. The predicted octanol–water partition coefficient (Wildman–Crippen LogP) is 2.30. The highest BCUT2D eigenvalue weighted by Crippen LogP contribution is 2.27. The Morgan fingerprint density at radius 3 is 2.56 bits per heavy atom. The Balaban J connectivity index is 2.86. The van der Waals surface area contributed by atoms with Crippen molar-refractivity contribution in [2.24, 2.45) is 0 Å². The molecular weight excluding hydrogens is 230 g/mol. The van der Waals surface area contributed by atoms with Crippen LogP contribution in [0.4, 0.5) is 0 Å². The molecule has 1 aromatic rings. The van der Waals surface area contributed by atoms with Crippen molar-refractivity contribution in [2.75, 3.05) is 14.2 Å². The van der Waals surface area contributed by atoms with Gasteiger partial charge in [-0.25, -0.2) is 0 Å². The number of carbonyl (C=O) groups is 1. The van der Waals surface area contributed by atoms with Crippen molar-refractivity contribution in [3.8, 4) is 5.75 Å². The van der Waals surface area contributed by atoms with Gasteiger partial charge >= 0.3 is 5.97 Å². The van der Waals surface area contributed by atoms with E-state index >= 15 is 0 Å². The van der Waals surface area contributed by atoms with Gasteiger partial charge in [0.05, 0.1) is 14.2 Å². The fourth-order valence-corrected chi connectivity index (χ4v) is 1.93. The third-order valence-electron chi connectivity index (χ3n) is 2.93. The topological polar surface area (TPSA) is 47.6 Å². The standard InChI is InChI=1S/C14H21NO3/c1-5-12(15-10(2)14(16)18-4)11-8-6-7-9-13(11)17-3/h6-10,12,15H,5H2,1-4H3. The lowest BCUT2D eigenvalue weighted by molar-refractivity contribution is -0.142. The zero-order valence-corrected chi connectivity index (χ0v) is 11.4. The van der Waals surface area contributed by atoms with E-state index in [1.54, 1.807) is 14.0 Å². The van der Waals surface area contributed by atoms with Crippen molar-refractivity contribution in [1.82, 2.24) is 5.32 Å². The summed E-state index contributed by atoms with van der Waals surface area (Å²) in [5.74, 6) is 0.567. The maximum absolute atomic E-state index is 11.4. The third-order valence-corrected chi connectivity index (χ3v) is 2.93. The first-order valence-electron chi connectivity index (χ1n) is 6.10.